The standard InChI is InChI=1S/C19H25NS/c1-14-9-15(2)11-17(10-14)12-21-13-19(20-4)18-8-6-5-7-16(18)3/h5-11,19-20H,12-13H2,1-4H3. The van der Waals surface area contributed by atoms with Gasteiger partial charge < -0.3 is 5.32 Å². The van der Waals surface area contributed by atoms with Crippen molar-refractivity contribution < 1.29 is 0 Å². The average Bonchev–Trinajstić information content (AvgIpc) is 2.44. The van der Waals surface area contributed by atoms with Gasteiger partial charge >= 0.3 is 0 Å². The summed E-state index contributed by atoms with van der Waals surface area (Å²) in [5.74, 6) is 2.17. The van der Waals surface area contributed by atoms with E-state index in [1.165, 1.54) is 27.8 Å². The minimum atomic E-state index is 0.419. The van der Waals surface area contributed by atoms with Gasteiger partial charge in [-0.15, -0.1) is 0 Å². The summed E-state index contributed by atoms with van der Waals surface area (Å²) in [6, 6.07) is 15.9. The first-order chi connectivity index (χ1) is 10.1. The second-order valence-electron chi connectivity index (χ2n) is 5.71. The molecule has 1 atom stereocenters. The monoisotopic (exact) mass is 299 g/mol. The highest BCUT2D eigenvalue weighted by molar-refractivity contribution is 7.98. The fourth-order valence-electron chi connectivity index (χ4n) is 2.75. The van der Waals surface area contributed by atoms with Crippen molar-refractivity contribution in [3.8, 4) is 0 Å². The van der Waals surface area contributed by atoms with Crippen LogP contribution in [-0.4, -0.2) is 12.8 Å². The van der Waals surface area contributed by atoms with E-state index < -0.39 is 0 Å². The molecule has 21 heavy (non-hydrogen) atoms. The van der Waals surface area contributed by atoms with Crippen molar-refractivity contribution in [1.82, 2.24) is 5.32 Å². The summed E-state index contributed by atoms with van der Waals surface area (Å²) in [6.07, 6.45) is 0. The summed E-state index contributed by atoms with van der Waals surface area (Å²) < 4.78 is 0. The number of nitrogens with one attached hydrogen (secondary N) is 1. The van der Waals surface area contributed by atoms with Crippen LogP contribution in [0.4, 0.5) is 0 Å². The highest BCUT2D eigenvalue weighted by atomic mass is 32.2. The van der Waals surface area contributed by atoms with Crippen molar-refractivity contribution in [2.45, 2.75) is 32.6 Å². The van der Waals surface area contributed by atoms with Crippen LogP contribution >= 0.6 is 11.8 Å². The van der Waals surface area contributed by atoms with Crippen LogP contribution in [0.15, 0.2) is 42.5 Å². The molecule has 0 spiro atoms. The van der Waals surface area contributed by atoms with E-state index in [0.717, 1.165) is 11.5 Å². The van der Waals surface area contributed by atoms with Crippen LogP contribution in [0, 0.1) is 20.8 Å². The molecule has 0 aliphatic carbocycles. The summed E-state index contributed by atoms with van der Waals surface area (Å²) in [5.41, 5.74) is 6.92. The normalized spacial score (nSPS) is 12.4. The highest BCUT2D eigenvalue weighted by Gasteiger charge is 2.11. The molecule has 1 N–H and O–H groups in total. The predicted octanol–water partition coefficient (Wildman–Crippen LogP) is 4.81. The molecule has 0 bridgehead atoms. The molecule has 2 aromatic carbocycles. The Bertz CT molecular complexity index is 572. The lowest BCUT2D eigenvalue weighted by atomic mass is 10.0. The van der Waals surface area contributed by atoms with Gasteiger partial charge in [0.2, 0.25) is 0 Å². The van der Waals surface area contributed by atoms with Crippen molar-refractivity contribution >= 4 is 11.8 Å². The van der Waals surface area contributed by atoms with Gasteiger partial charge in [-0.3, -0.25) is 0 Å². The zero-order chi connectivity index (χ0) is 15.2. The molecule has 0 heterocycles. The average molecular weight is 299 g/mol. The minimum Gasteiger partial charge on any atom is -0.312 e. The topological polar surface area (TPSA) is 12.0 Å². The molecule has 2 aromatic rings. The SMILES string of the molecule is CNC(CSCc1cc(C)cc(C)c1)c1ccccc1C. The Morgan fingerprint density at radius 1 is 1.00 bits per heavy atom. The summed E-state index contributed by atoms with van der Waals surface area (Å²) in [5, 5.41) is 3.45. The third-order valence-electron chi connectivity index (χ3n) is 3.75. The number of thioether (sulfide) groups is 1. The molecule has 0 radical (unpaired) electrons. The lowest BCUT2D eigenvalue weighted by Crippen LogP contribution is -2.19. The van der Waals surface area contributed by atoms with Crippen LogP contribution < -0.4 is 5.32 Å². The Kier molecular flexibility index (Phi) is 5.89. The van der Waals surface area contributed by atoms with Gasteiger partial charge in [-0.2, -0.15) is 11.8 Å². The molecule has 1 nitrogen and oxygen atoms in total. The number of hydrogen-bond donors (Lipinski definition) is 1. The Labute approximate surface area is 133 Å². The summed E-state index contributed by atoms with van der Waals surface area (Å²) in [4.78, 5) is 0. The van der Waals surface area contributed by atoms with Gasteiger partial charge in [0.25, 0.3) is 0 Å². The zero-order valence-electron chi connectivity index (χ0n) is 13.4. The van der Waals surface area contributed by atoms with E-state index in [9.17, 15) is 0 Å². The molecule has 2 rings (SSSR count). The quantitative estimate of drug-likeness (QED) is 0.822. The van der Waals surface area contributed by atoms with E-state index >= 15 is 0 Å². The van der Waals surface area contributed by atoms with Crippen molar-refractivity contribution in [3.63, 3.8) is 0 Å². The Hall–Kier alpha value is -1.25. The van der Waals surface area contributed by atoms with Gasteiger partial charge in [0.1, 0.15) is 0 Å². The maximum absolute atomic E-state index is 3.45. The van der Waals surface area contributed by atoms with Crippen molar-refractivity contribution in [2.75, 3.05) is 12.8 Å². The predicted molar refractivity (Wildman–Crippen MR) is 95.1 cm³/mol. The van der Waals surface area contributed by atoms with Crippen LogP contribution in [0.3, 0.4) is 0 Å². The van der Waals surface area contributed by atoms with Crippen molar-refractivity contribution in [2.24, 2.45) is 0 Å². The number of hydrogen-bond acceptors (Lipinski definition) is 2. The van der Waals surface area contributed by atoms with Crippen LogP contribution in [0.5, 0.6) is 0 Å². The van der Waals surface area contributed by atoms with Crippen molar-refractivity contribution in [3.05, 3.63) is 70.3 Å². The summed E-state index contributed by atoms with van der Waals surface area (Å²) in [7, 11) is 2.05. The summed E-state index contributed by atoms with van der Waals surface area (Å²) in [6.45, 7) is 6.53. The van der Waals surface area contributed by atoms with E-state index in [1.807, 2.05) is 11.8 Å². The van der Waals surface area contributed by atoms with Gasteiger partial charge in [0.05, 0.1) is 0 Å². The second kappa shape index (κ2) is 7.67. The molecule has 112 valence electrons. The van der Waals surface area contributed by atoms with E-state index in [1.54, 1.807) is 0 Å². The molecule has 0 saturated carbocycles. The molecular formula is C19H25NS. The molecule has 2 heteroatoms. The van der Waals surface area contributed by atoms with E-state index in [-0.39, 0.29) is 0 Å². The third-order valence-corrected chi connectivity index (χ3v) is 4.85. The maximum Gasteiger partial charge on any atom is 0.0412 e. The minimum absolute atomic E-state index is 0.419. The molecule has 0 aliphatic rings. The molecule has 1 unspecified atom stereocenters. The van der Waals surface area contributed by atoms with Crippen LogP contribution in [-0.2, 0) is 5.75 Å². The van der Waals surface area contributed by atoms with Gasteiger partial charge in [-0.25, -0.2) is 0 Å². The molecule has 0 saturated heterocycles. The van der Waals surface area contributed by atoms with Gasteiger partial charge in [-0.1, -0.05) is 53.6 Å². The summed E-state index contributed by atoms with van der Waals surface area (Å²) >= 11 is 2.00. The highest BCUT2D eigenvalue weighted by Crippen LogP contribution is 2.24. The zero-order valence-corrected chi connectivity index (χ0v) is 14.3. The van der Waals surface area contributed by atoms with Gasteiger partial charge in [0.15, 0.2) is 0 Å². The second-order valence-corrected chi connectivity index (χ2v) is 6.74. The van der Waals surface area contributed by atoms with Crippen LogP contribution in [0.25, 0.3) is 0 Å². The number of benzene rings is 2. The molecular weight excluding hydrogens is 274 g/mol. The molecule has 0 aliphatic heterocycles. The first kappa shape index (κ1) is 16.1. The van der Waals surface area contributed by atoms with Crippen molar-refractivity contribution in [1.29, 1.82) is 0 Å². The van der Waals surface area contributed by atoms with Crippen LogP contribution in [0.2, 0.25) is 0 Å². The van der Waals surface area contributed by atoms with Crippen LogP contribution in [0.1, 0.15) is 33.9 Å². The fraction of sp³-hybridized carbons (Fsp3) is 0.368. The smallest absolute Gasteiger partial charge is 0.0412 e. The first-order valence-electron chi connectivity index (χ1n) is 7.48. The molecule has 0 amide bonds. The van der Waals surface area contributed by atoms with E-state index in [0.29, 0.717) is 6.04 Å². The van der Waals surface area contributed by atoms with E-state index in [2.05, 4.69) is 75.6 Å². The van der Waals surface area contributed by atoms with Gasteiger partial charge in [-0.05, 0) is 44.5 Å². The first-order valence-corrected chi connectivity index (χ1v) is 8.63. The Morgan fingerprint density at radius 3 is 2.29 bits per heavy atom. The third kappa shape index (κ3) is 4.62. The fourth-order valence-corrected chi connectivity index (χ4v) is 3.86. The maximum atomic E-state index is 3.45. The lowest BCUT2D eigenvalue weighted by molar-refractivity contribution is 0.658. The Balaban J connectivity index is 1.96. The Morgan fingerprint density at radius 2 is 1.67 bits per heavy atom. The van der Waals surface area contributed by atoms with E-state index in [4.69, 9.17) is 0 Å². The molecule has 0 aromatic heterocycles. The largest absolute Gasteiger partial charge is 0.312 e. The molecule has 0 fully saturated rings. The number of aryl methyl sites for hydroxylation is 3. The van der Waals surface area contributed by atoms with Gasteiger partial charge in [0, 0.05) is 17.5 Å². The lowest BCUT2D eigenvalue weighted by Gasteiger charge is -2.18. The number of rotatable bonds is 6.